The standard InChI is InChI=1S/C15H20O3/c1-10(13-7-5-4-6-8-13)9-14(15(17)18)11(2)12(3)16/h4-8,10-11,14H,9H2,1-3H3,(H,17,18). The van der Waals surface area contributed by atoms with E-state index in [2.05, 4.69) is 0 Å². The van der Waals surface area contributed by atoms with Crippen molar-refractivity contribution in [3.63, 3.8) is 0 Å². The van der Waals surface area contributed by atoms with Crippen LogP contribution in [0.15, 0.2) is 30.3 Å². The third-order valence-corrected chi connectivity index (χ3v) is 3.54. The first-order chi connectivity index (χ1) is 8.43. The molecule has 0 bridgehead atoms. The number of carboxylic acids is 1. The minimum atomic E-state index is -0.888. The summed E-state index contributed by atoms with van der Waals surface area (Å²) >= 11 is 0. The molecule has 3 atom stereocenters. The van der Waals surface area contributed by atoms with E-state index >= 15 is 0 Å². The summed E-state index contributed by atoms with van der Waals surface area (Å²) in [6.07, 6.45) is 0.486. The van der Waals surface area contributed by atoms with E-state index in [1.165, 1.54) is 6.92 Å². The van der Waals surface area contributed by atoms with Gasteiger partial charge in [-0.2, -0.15) is 0 Å². The summed E-state index contributed by atoms with van der Waals surface area (Å²) in [5.41, 5.74) is 1.11. The van der Waals surface area contributed by atoms with E-state index in [0.29, 0.717) is 6.42 Å². The van der Waals surface area contributed by atoms with Crippen molar-refractivity contribution in [2.24, 2.45) is 11.8 Å². The summed E-state index contributed by atoms with van der Waals surface area (Å²) in [5, 5.41) is 9.24. The zero-order valence-corrected chi connectivity index (χ0v) is 11.1. The van der Waals surface area contributed by atoms with Crippen LogP contribution in [0.4, 0.5) is 0 Å². The van der Waals surface area contributed by atoms with Crippen LogP contribution < -0.4 is 0 Å². The van der Waals surface area contributed by atoms with Crippen LogP contribution in [-0.4, -0.2) is 16.9 Å². The molecular weight excluding hydrogens is 228 g/mol. The molecule has 3 unspecified atom stereocenters. The SMILES string of the molecule is CC(=O)C(C)C(CC(C)c1ccccc1)C(=O)O. The maximum absolute atomic E-state index is 11.3. The van der Waals surface area contributed by atoms with Gasteiger partial charge in [-0.1, -0.05) is 44.2 Å². The summed E-state index contributed by atoms with van der Waals surface area (Å²) in [6, 6.07) is 9.79. The molecule has 0 fully saturated rings. The maximum Gasteiger partial charge on any atom is 0.307 e. The van der Waals surface area contributed by atoms with Crippen molar-refractivity contribution < 1.29 is 14.7 Å². The van der Waals surface area contributed by atoms with E-state index in [9.17, 15) is 14.7 Å². The summed E-state index contributed by atoms with van der Waals surface area (Å²) in [5.74, 6) is -1.87. The molecule has 1 aromatic carbocycles. The van der Waals surface area contributed by atoms with Crippen molar-refractivity contribution in [2.45, 2.75) is 33.1 Å². The highest BCUT2D eigenvalue weighted by Gasteiger charge is 2.29. The number of hydrogen-bond donors (Lipinski definition) is 1. The van der Waals surface area contributed by atoms with Gasteiger partial charge in [0.2, 0.25) is 0 Å². The molecular formula is C15H20O3. The van der Waals surface area contributed by atoms with Crippen LogP contribution in [0.3, 0.4) is 0 Å². The summed E-state index contributed by atoms with van der Waals surface area (Å²) < 4.78 is 0. The van der Waals surface area contributed by atoms with Gasteiger partial charge in [0.25, 0.3) is 0 Å². The average Bonchev–Trinajstić information content (AvgIpc) is 2.35. The van der Waals surface area contributed by atoms with Crippen LogP contribution in [0.2, 0.25) is 0 Å². The minimum absolute atomic E-state index is 0.0670. The molecule has 98 valence electrons. The summed E-state index contributed by atoms with van der Waals surface area (Å²) in [6.45, 7) is 5.14. The smallest absolute Gasteiger partial charge is 0.307 e. The Labute approximate surface area is 108 Å². The zero-order valence-electron chi connectivity index (χ0n) is 11.1. The van der Waals surface area contributed by atoms with Gasteiger partial charge in [-0.25, -0.2) is 0 Å². The van der Waals surface area contributed by atoms with Crippen LogP contribution in [0.1, 0.15) is 38.7 Å². The third kappa shape index (κ3) is 3.69. The van der Waals surface area contributed by atoms with E-state index in [4.69, 9.17) is 0 Å². The van der Waals surface area contributed by atoms with Crippen LogP contribution in [0.25, 0.3) is 0 Å². The average molecular weight is 248 g/mol. The van der Waals surface area contributed by atoms with Gasteiger partial charge in [0, 0.05) is 5.92 Å². The van der Waals surface area contributed by atoms with Crippen LogP contribution in [0, 0.1) is 11.8 Å². The molecule has 0 saturated carbocycles. The Morgan fingerprint density at radius 1 is 1.17 bits per heavy atom. The highest BCUT2D eigenvalue weighted by molar-refractivity contribution is 5.84. The van der Waals surface area contributed by atoms with Gasteiger partial charge in [-0.3, -0.25) is 9.59 Å². The molecule has 0 aromatic heterocycles. The highest BCUT2D eigenvalue weighted by atomic mass is 16.4. The van der Waals surface area contributed by atoms with E-state index in [1.807, 2.05) is 37.3 Å². The third-order valence-electron chi connectivity index (χ3n) is 3.54. The Hall–Kier alpha value is -1.64. The van der Waals surface area contributed by atoms with Gasteiger partial charge in [0.05, 0.1) is 5.92 Å². The van der Waals surface area contributed by atoms with E-state index < -0.39 is 17.8 Å². The van der Waals surface area contributed by atoms with Crippen molar-refractivity contribution in [2.75, 3.05) is 0 Å². The predicted molar refractivity (Wildman–Crippen MR) is 70.4 cm³/mol. The maximum atomic E-state index is 11.3. The Bertz CT molecular complexity index is 411. The van der Waals surface area contributed by atoms with E-state index in [0.717, 1.165) is 5.56 Å². The molecule has 0 heterocycles. The van der Waals surface area contributed by atoms with Crippen molar-refractivity contribution in [3.8, 4) is 0 Å². The molecule has 1 rings (SSSR count). The lowest BCUT2D eigenvalue weighted by Gasteiger charge is -2.21. The van der Waals surface area contributed by atoms with Gasteiger partial charge in [0.15, 0.2) is 0 Å². The molecule has 1 N–H and O–H groups in total. The number of aliphatic carboxylic acids is 1. The molecule has 0 saturated heterocycles. The first-order valence-corrected chi connectivity index (χ1v) is 6.21. The Balaban J connectivity index is 2.79. The number of carbonyl (C=O) groups excluding carboxylic acids is 1. The molecule has 0 aliphatic carbocycles. The van der Waals surface area contributed by atoms with Crippen LogP contribution >= 0.6 is 0 Å². The number of ketones is 1. The van der Waals surface area contributed by atoms with Gasteiger partial charge in [-0.15, -0.1) is 0 Å². The van der Waals surface area contributed by atoms with Crippen LogP contribution in [0.5, 0.6) is 0 Å². The van der Waals surface area contributed by atoms with Crippen molar-refractivity contribution in [1.82, 2.24) is 0 Å². The predicted octanol–water partition coefficient (Wildman–Crippen LogP) is 3.11. The molecule has 1 aromatic rings. The minimum Gasteiger partial charge on any atom is -0.481 e. The van der Waals surface area contributed by atoms with E-state index in [1.54, 1.807) is 6.92 Å². The zero-order chi connectivity index (χ0) is 13.7. The molecule has 0 radical (unpaired) electrons. The fraction of sp³-hybridized carbons (Fsp3) is 0.467. The van der Waals surface area contributed by atoms with Crippen LogP contribution in [-0.2, 0) is 9.59 Å². The summed E-state index contributed by atoms with van der Waals surface area (Å²) in [4.78, 5) is 22.6. The van der Waals surface area contributed by atoms with Gasteiger partial charge < -0.3 is 5.11 Å². The fourth-order valence-electron chi connectivity index (χ4n) is 2.10. The second-order valence-electron chi connectivity index (χ2n) is 4.89. The van der Waals surface area contributed by atoms with Crippen molar-refractivity contribution in [1.29, 1.82) is 0 Å². The highest BCUT2D eigenvalue weighted by Crippen LogP contribution is 2.28. The lowest BCUT2D eigenvalue weighted by atomic mass is 9.82. The largest absolute Gasteiger partial charge is 0.481 e. The number of carbonyl (C=O) groups is 2. The van der Waals surface area contributed by atoms with E-state index in [-0.39, 0.29) is 11.7 Å². The van der Waals surface area contributed by atoms with Gasteiger partial charge in [-0.05, 0) is 24.8 Å². The molecule has 3 heteroatoms. The second-order valence-corrected chi connectivity index (χ2v) is 4.89. The number of carboxylic acid groups (broad SMARTS) is 1. The first kappa shape index (κ1) is 14.4. The quantitative estimate of drug-likeness (QED) is 0.841. The monoisotopic (exact) mass is 248 g/mol. The Morgan fingerprint density at radius 2 is 1.72 bits per heavy atom. The fourth-order valence-corrected chi connectivity index (χ4v) is 2.10. The summed E-state index contributed by atoms with van der Waals surface area (Å²) in [7, 11) is 0. The Kier molecular flexibility index (Phi) is 5.08. The van der Waals surface area contributed by atoms with Crippen molar-refractivity contribution >= 4 is 11.8 Å². The molecule has 3 nitrogen and oxygen atoms in total. The normalized spacial score (nSPS) is 15.7. The first-order valence-electron chi connectivity index (χ1n) is 6.21. The van der Waals surface area contributed by atoms with Gasteiger partial charge >= 0.3 is 5.97 Å². The number of Topliss-reactive ketones (excluding diaryl/α,β-unsaturated/α-hetero) is 1. The number of rotatable bonds is 6. The Morgan fingerprint density at radius 3 is 2.17 bits per heavy atom. The molecule has 0 spiro atoms. The van der Waals surface area contributed by atoms with Crippen molar-refractivity contribution in [3.05, 3.63) is 35.9 Å². The molecule has 0 aliphatic heterocycles. The molecule has 0 amide bonds. The lowest BCUT2D eigenvalue weighted by molar-refractivity contribution is -0.146. The number of benzene rings is 1. The molecule has 0 aliphatic rings. The number of hydrogen-bond acceptors (Lipinski definition) is 2. The molecule has 18 heavy (non-hydrogen) atoms. The topological polar surface area (TPSA) is 54.4 Å². The second kappa shape index (κ2) is 6.34. The lowest BCUT2D eigenvalue weighted by Crippen LogP contribution is -2.27. The van der Waals surface area contributed by atoms with Gasteiger partial charge in [0.1, 0.15) is 5.78 Å².